The summed E-state index contributed by atoms with van der Waals surface area (Å²) in [5.41, 5.74) is 11.9. The minimum atomic E-state index is -0.226. The fourth-order valence-electron chi connectivity index (χ4n) is 6.04. The SMILES string of the molecule is Cc1ccnc(NC(=O)c2ccc(-c3nn4c5c(cnc(N)c35)CCCCNCC(=O)N[C@@H]3CCC[C@@H]4C3)cc2)c1. The van der Waals surface area contributed by atoms with Crippen LogP contribution in [-0.2, 0) is 11.2 Å². The van der Waals surface area contributed by atoms with Gasteiger partial charge in [-0.2, -0.15) is 5.10 Å². The number of aryl methyl sites for hydroxylation is 2. The zero-order valence-corrected chi connectivity index (χ0v) is 23.3. The highest BCUT2D eigenvalue weighted by Gasteiger charge is 2.29. The molecule has 2 atom stereocenters. The van der Waals surface area contributed by atoms with Crippen LogP contribution in [0.5, 0.6) is 0 Å². The van der Waals surface area contributed by atoms with Crippen LogP contribution in [0.25, 0.3) is 22.2 Å². The van der Waals surface area contributed by atoms with E-state index >= 15 is 0 Å². The van der Waals surface area contributed by atoms with Gasteiger partial charge in [-0.3, -0.25) is 14.3 Å². The molecular weight excluding hydrogens is 516 g/mol. The Labute approximate surface area is 239 Å². The normalized spacial score (nSPS) is 19.8. The number of amides is 2. The van der Waals surface area contributed by atoms with E-state index in [1.54, 1.807) is 18.3 Å². The lowest BCUT2D eigenvalue weighted by Crippen LogP contribution is -2.43. The maximum absolute atomic E-state index is 12.9. The van der Waals surface area contributed by atoms with Crippen LogP contribution < -0.4 is 21.7 Å². The number of hydrogen-bond acceptors (Lipinski definition) is 7. The number of hydrogen-bond donors (Lipinski definition) is 4. The molecule has 2 bridgehead atoms. The Morgan fingerprint density at radius 1 is 1.10 bits per heavy atom. The summed E-state index contributed by atoms with van der Waals surface area (Å²) >= 11 is 0. The summed E-state index contributed by atoms with van der Waals surface area (Å²) in [6.07, 6.45) is 10.1. The smallest absolute Gasteiger partial charge is 0.256 e. The molecule has 4 heterocycles. The van der Waals surface area contributed by atoms with Crippen LogP contribution >= 0.6 is 0 Å². The van der Waals surface area contributed by atoms with Gasteiger partial charge in [0.2, 0.25) is 5.91 Å². The molecule has 1 fully saturated rings. The predicted molar refractivity (Wildman–Crippen MR) is 160 cm³/mol. The Hall–Kier alpha value is -4.31. The quantitative estimate of drug-likeness (QED) is 0.299. The van der Waals surface area contributed by atoms with Crippen molar-refractivity contribution in [3.8, 4) is 11.3 Å². The largest absolute Gasteiger partial charge is 0.383 e. The molecule has 41 heavy (non-hydrogen) atoms. The zero-order chi connectivity index (χ0) is 28.3. The van der Waals surface area contributed by atoms with Gasteiger partial charge >= 0.3 is 0 Å². The summed E-state index contributed by atoms with van der Waals surface area (Å²) < 4.78 is 2.14. The fourth-order valence-corrected chi connectivity index (χ4v) is 6.04. The van der Waals surface area contributed by atoms with Crippen molar-refractivity contribution in [1.82, 2.24) is 30.4 Å². The van der Waals surface area contributed by atoms with Gasteiger partial charge in [0.15, 0.2) is 0 Å². The molecule has 5 N–H and O–H groups in total. The Balaban J connectivity index is 1.37. The number of nitrogens with two attached hydrogens (primary N) is 1. The molecule has 0 radical (unpaired) electrons. The number of pyridine rings is 2. The van der Waals surface area contributed by atoms with E-state index in [-0.39, 0.29) is 23.9 Å². The van der Waals surface area contributed by atoms with Crippen molar-refractivity contribution in [2.75, 3.05) is 24.1 Å². The van der Waals surface area contributed by atoms with Crippen LogP contribution in [0.1, 0.15) is 66.1 Å². The molecule has 10 heteroatoms. The summed E-state index contributed by atoms with van der Waals surface area (Å²) in [7, 11) is 0. The van der Waals surface area contributed by atoms with Gasteiger partial charge in [0, 0.05) is 29.6 Å². The number of fused-ring (bicyclic) bond motifs is 3. The van der Waals surface area contributed by atoms with Crippen LogP contribution in [0.15, 0.2) is 48.8 Å². The summed E-state index contributed by atoms with van der Waals surface area (Å²) in [4.78, 5) is 34.2. The third kappa shape index (κ3) is 5.78. The van der Waals surface area contributed by atoms with E-state index in [0.29, 0.717) is 23.7 Å². The molecule has 1 aliphatic carbocycles. The third-order valence-electron chi connectivity index (χ3n) is 8.10. The molecule has 0 spiro atoms. The molecule has 2 amide bonds. The van der Waals surface area contributed by atoms with E-state index in [2.05, 4.69) is 30.6 Å². The summed E-state index contributed by atoms with van der Waals surface area (Å²) in [6.45, 7) is 3.09. The maximum Gasteiger partial charge on any atom is 0.256 e. The highest BCUT2D eigenvalue weighted by molar-refractivity contribution is 6.05. The molecule has 1 aliphatic heterocycles. The Morgan fingerprint density at radius 3 is 2.78 bits per heavy atom. The number of rotatable bonds is 3. The molecule has 2 aliphatic rings. The first-order chi connectivity index (χ1) is 20.0. The lowest BCUT2D eigenvalue weighted by molar-refractivity contribution is -0.121. The number of anilines is 2. The number of nitrogens with one attached hydrogen (secondary N) is 3. The molecule has 10 nitrogen and oxygen atoms in total. The maximum atomic E-state index is 12.9. The highest BCUT2D eigenvalue weighted by Crippen LogP contribution is 2.38. The van der Waals surface area contributed by atoms with Gasteiger partial charge in [-0.1, -0.05) is 12.1 Å². The molecule has 0 unspecified atom stereocenters. The summed E-state index contributed by atoms with van der Waals surface area (Å²) in [6, 6.07) is 11.4. The topological polar surface area (TPSA) is 140 Å². The van der Waals surface area contributed by atoms with E-state index < -0.39 is 0 Å². The third-order valence-corrected chi connectivity index (χ3v) is 8.10. The fraction of sp³-hybridized carbons (Fsp3) is 0.387. The monoisotopic (exact) mass is 552 g/mol. The molecule has 3 aromatic heterocycles. The number of carbonyl (C=O) groups excluding carboxylic acids is 2. The first kappa shape index (κ1) is 26.9. The molecular formula is C31H36N8O2. The summed E-state index contributed by atoms with van der Waals surface area (Å²) in [5.74, 6) is 0.787. The second kappa shape index (κ2) is 11.7. The van der Waals surface area contributed by atoms with Gasteiger partial charge in [-0.05, 0) is 93.8 Å². The Kier molecular flexibility index (Phi) is 7.65. The van der Waals surface area contributed by atoms with E-state index in [9.17, 15) is 9.59 Å². The number of nitrogen functional groups attached to an aromatic ring is 1. The van der Waals surface area contributed by atoms with Crippen LogP contribution in [0.3, 0.4) is 0 Å². The van der Waals surface area contributed by atoms with E-state index in [1.807, 2.05) is 37.4 Å². The zero-order valence-electron chi connectivity index (χ0n) is 23.3. The average molecular weight is 553 g/mol. The van der Waals surface area contributed by atoms with E-state index in [4.69, 9.17) is 10.8 Å². The number of aromatic nitrogens is 4. The van der Waals surface area contributed by atoms with Gasteiger partial charge in [0.25, 0.3) is 5.91 Å². The van der Waals surface area contributed by atoms with Crippen LogP contribution in [0.2, 0.25) is 0 Å². The molecule has 6 rings (SSSR count). The molecule has 4 aromatic rings. The molecule has 212 valence electrons. The van der Waals surface area contributed by atoms with Crippen molar-refractivity contribution in [3.05, 3.63) is 65.5 Å². The van der Waals surface area contributed by atoms with Crippen molar-refractivity contribution in [2.24, 2.45) is 0 Å². The lowest BCUT2D eigenvalue weighted by Gasteiger charge is -2.31. The van der Waals surface area contributed by atoms with Crippen LogP contribution in [-0.4, -0.2) is 50.7 Å². The Morgan fingerprint density at radius 2 is 1.95 bits per heavy atom. The molecule has 1 saturated carbocycles. The standard InChI is InChI=1S/C31H36N8O2/c1-19-12-14-34-25(15-19)37-31(41)21-10-8-20(9-11-21)28-27-29-22(17-35-30(27)32)5-2-3-13-33-18-26(40)36-23-6-4-7-24(16-23)39(29)38-28/h8-12,14-15,17,23-24,33H,2-7,13,16,18H2,1H3,(H2,32,35)(H,36,40)(H,34,37,41)/t23-,24-/m1/s1. The molecule has 0 saturated heterocycles. The van der Waals surface area contributed by atoms with Crippen molar-refractivity contribution in [1.29, 1.82) is 0 Å². The van der Waals surface area contributed by atoms with Crippen LogP contribution in [0.4, 0.5) is 11.6 Å². The first-order valence-electron chi connectivity index (χ1n) is 14.5. The van der Waals surface area contributed by atoms with Gasteiger partial charge < -0.3 is 21.7 Å². The number of nitrogens with zero attached hydrogens (tertiary/aromatic N) is 4. The van der Waals surface area contributed by atoms with Crippen molar-refractivity contribution >= 4 is 34.4 Å². The lowest BCUT2D eigenvalue weighted by atomic mass is 9.90. The van der Waals surface area contributed by atoms with Gasteiger partial charge in [-0.15, -0.1) is 0 Å². The minimum absolute atomic E-state index is 0.0511. The predicted octanol–water partition coefficient (Wildman–Crippen LogP) is 4.16. The van der Waals surface area contributed by atoms with Gasteiger partial charge in [0.1, 0.15) is 17.3 Å². The molecule has 1 aromatic carbocycles. The second-order valence-corrected chi connectivity index (χ2v) is 11.2. The number of benzene rings is 1. The van der Waals surface area contributed by atoms with Gasteiger partial charge in [-0.25, -0.2) is 9.97 Å². The number of carbonyl (C=O) groups is 2. The summed E-state index contributed by atoms with van der Waals surface area (Å²) in [5, 5.41) is 15.4. The van der Waals surface area contributed by atoms with Crippen LogP contribution in [0, 0.1) is 6.92 Å². The average Bonchev–Trinajstić information content (AvgIpc) is 3.38. The van der Waals surface area contributed by atoms with Crippen molar-refractivity contribution in [3.63, 3.8) is 0 Å². The van der Waals surface area contributed by atoms with Crippen molar-refractivity contribution < 1.29 is 9.59 Å². The van der Waals surface area contributed by atoms with E-state index in [1.165, 1.54) is 0 Å². The van der Waals surface area contributed by atoms with E-state index in [0.717, 1.165) is 84.8 Å². The van der Waals surface area contributed by atoms with Gasteiger partial charge in [0.05, 0.1) is 23.5 Å². The van der Waals surface area contributed by atoms with Crippen molar-refractivity contribution in [2.45, 2.75) is 64.0 Å². The Bertz CT molecular complexity index is 1580. The first-order valence-corrected chi connectivity index (χ1v) is 14.5. The second-order valence-electron chi connectivity index (χ2n) is 11.2. The minimum Gasteiger partial charge on any atom is -0.383 e. The highest BCUT2D eigenvalue weighted by atomic mass is 16.2.